The molecule has 0 nitrogen and oxygen atoms in total. The second-order valence-electron chi connectivity index (χ2n) is 2.72. The van der Waals surface area contributed by atoms with E-state index in [-0.39, 0.29) is 0 Å². The minimum atomic E-state index is 0.880. The molecule has 0 radical (unpaired) electrons. The molecule has 0 unspecified atom stereocenters. The summed E-state index contributed by atoms with van der Waals surface area (Å²) in [4.78, 5) is 1.38. The first-order valence-electron chi connectivity index (χ1n) is 3.97. The first-order chi connectivity index (χ1) is 5.83. The van der Waals surface area contributed by atoms with E-state index in [2.05, 4.69) is 18.4 Å². The normalized spacial score (nSPS) is 10.8. The summed E-state index contributed by atoms with van der Waals surface area (Å²) in [5.41, 5.74) is 0. The molecule has 0 fully saturated rings. The van der Waals surface area contributed by atoms with Gasteiger partial charge in [0.1, 0.15) is 0 Å². The van der Waals surface area contributed by atoms with Gasteiger partial charge in [-0.3, -0.25) is 0 Å². The predicted octanol–water partition coefficient (Wildman–Crippen LogP) is 4.12. The molecule has 0 aliphatic heterocycles. The maximum atomic E-state index is 6.09. The number of hydrogen-bond donors (Lipinski definition) is 0. The lowest BCUT2D eigenvalue weighted by molar-refractivity contribution is 1.20. The van der Waals surface area contributed by atoms with Gasteiger partial charge < -0.3 is 0 Å². The Kier molecular flexibility index (Phi) is 2.07. The van der Waals surface area contributed by atoms with Crippen LogP contribution in [0.2, 0.25) is 5.02 Å². The predicted molar refractivity (Wildman–Crippen MR) is 56.2 cm³/mol. The van der Waals surface area contributed by atoms with Crippen molar-refractivity contribution < 1.29 is 0 Å². The van der Waals surface area contributed by atoms with Crippen LogP contribution in [-0.2, 0) is 6.42 Å². The molecule has 0 N–H and O–H groups in total. The zero-order valence-electron chi connectivity index (χ0n) is 6.80. The summed E-state index contributed by atoms with van der Waals surface area (Å²) in [5.74, 6) is 0. The lowest BCUT2D eigenvalue weighted by Crippen LogP contribution is -1.74. The van der Waals surface area contributed by atoms with Gasteiger partial charge in [0.15, 0.2) is 0 Å². The van der Waals surface area contributed by atoms with E-state index in [1.54, 1.807) is 11.3 Å². The third-order valence-corrected chi connectivity index (χ3v) is 3.44. The highest BCUT2D eigenvalue weighted by atomic mass is 35.5. The first-order valence-corrected chi connectivity index (χ1v) is 5.23. The summed E-state index contributed by atoms with van der Waals surface area (Å²) >= 11 is 7.88. The Morgan fingerprint density at radius 3 is 3.00 bits per heavy atom. The summed E-state index contributed by atoms with van der Waals surface area (Å²) < 4.78 is 0. The molecule has 0 amide bonds. The quantitative estimate of drug-likeness (QED) is 0.644. The Morgan fingerprint density at radius 2 is 2.25 bits per heavy atom. The second-order valence-corrected chi connectivity index (χ2v) is 4.09. The zero-order valence-corrected chi connectivity index (χ0v) is 8.38. The Morgan fingerprint density at radius 1 is 1.42 bits per heavy atom. The van der Waals surface area contributed by atoms with Gasteiger partial charge >= 0.3 is 0 Å². The first kappa shape index (κ1) is 8.09. The Balaban J connectivity index is 2.83. The van der Waals surface area contributed by atoms with E-state index in [1.165, 1.54) is 15.6 Å². The molecule has 0 spiro atoms. The van der Waals surface area contributed by atoms with Crippen molar-refractivity contribution in [3.8, 4) is 0 Å². The van der Waals surface area contributed by atoms with Gasteiger partial charge in [0.25, 0.3) is 0 Å². The molecular formula is C10H9ClS. The summed E-state index contributed by atoms with van der Waals surface area (Å²) in [6.45, 7) is 2.16. The van der Waals surface area contributed by atoms with E-state index in [1.807, 2.05) is 12.1 Å². The number of benzene rings is 1. The average Bonchev–Trinajstić information content (AvgIpc) is 2.49. The average molecular weight is 197 g/mol. The molecule has 0 bridgehead atoms. The fourth-order valence-corrected chi connectivity index (χ4v) is 2.72. The summed E-state index contributed by atoms with van der Waals surface area (Å²) in [7, 11) is 0. The van der Waals surface area contributed by atoms with Crippen LogP contribution in [-0.4, -0.2) is 0 Å². The standard InChI is InChI=1S/C10H9ClS/c1-2-9-10-7(6-12-9)4-3-5-8(10)11/h3-6H,2H2,1H3. The summed E-state index contributed by atoms with van der Waals surface area (Å²) in [6, 6.07) is 6.06. The van der Waals surface area contributed by atoms with Gasteiger partial charge in [-0.15, -0.1) is 11.3 Å². The van der Waals surface area contributed by atoms with Crippen LogP contribution < -0.4 is 0 Å². The lowest BCUT2D eigenvalue weighted by Gasteiger charge is -1.95. The highest BCUT2D eigenvalue weighted by Crippen LogP contribution is 2.31. The van der Waals surface area contributed by atoms with Crippen LogP contribution in [0.3, 0.4) is 0 Å². The fourth-order valence-electron chi connectivity index (χ4n) is 1.39. The molecular weight excluding hydrogens is 188 g/mol. The van der Waals surface area contributed by atoms with Gasteiger partial charge in [0.05, 0.1) is 0 Å². The lowest BCUT2D eigenvalue weighted by atomic mass is 10.2. The molecule has 0 saturated carbocycles. The van der Waals surface area contributed by atoms with Crippen LogP contribution in [0.25, 0.3) is 10.8 Å². The van der Waals surface area contributed by atoms with Gasteiger partial charge in [0.2, 0.25) is 0 Å². The van der Waals surface area contributed by atoms with E-state index in [0.29, 0.717) is 0 Å². The molecule has 1 aromatic carbocycles. The minimum Gasteiger partial charge on any atom is -0.148 e. The van der Waals surface area contributed by atoms with Gasteiger partial charge in [-0.25, -0.2) is 0 Å². The number of fused-ring (bicyclic) bond motifs is 1. The molecule has 1 aromatic heterocycles. The van der Waals surface area contributed by atoms with Crippen molar-refractivity contribution in [1.29, 1.82) is 0 Å². The van der Waals surface area contributed by atoms with Gasteiger partial charge in [0, 0.05) is 15.3 Å². The van der Waals surface area contributed by atoms with Crippen LogP contribution in [0.5, 0.6) is 0 Å². The van der Waals surface area contributed by atoms with Crippen LogP contribution in [0.1, 0.15) is 11.8 Å². The van der Waals surface area contributed by atoms with E-state index in [9.17, 15) is 0 Å². The van der Waals surface area contributed by atoms with Gasteiger partial charge in [-0.1, -0.05) is 30.7 Å². The second kappa shape index (κ2) is 3.08. The number of aryl methyl sites for hydroxylation is 1. The highest BCUT2D eigenvalue weighted by molar-refractivity contribution is 7.11. The zero-order chi connectivity index (χ0) is 8.55. The van der Waals surface area contributed by atoms with E-state index >= 15 is 0 Å². The Labute approximate surface area is 80.8 Å². The smallest absolute Gasteiger partial charge is 0.0495 e. The fraction of sp³-hybridized carbons (Fsp3) is 0.200. The van der Waals surface area contributed by atoms with Crippen molar-refractivity contribution >= 4 is 33.7 Å². The highest BCUT2D eigenvalue weighted by Gasteiger charge is 2.04. The molecule has 0 atom stereocenters. The molecule has 1 heterocycles. The topological polar surface area (TPSA) is 0 Å². The third-order valence-electron chi connectivity index (χ3n) is 1.97. The largest absolute Gasteiger partial charge is 0.148 e. The number of rotatable bonds is 1. The third kappa shape index (κ3) is 1.13. The molecule has 0 aliphatic rings. The van der Waals surface area contributed by atoms with Crippen molar-refractivity contribution in [1.82, 2.24) is 0 Å². The SMILES string of the molecule is CCc1scc2cccc(Cl)c12. The maximum absolute atomic E-state index is 6.09. The van der Waals surface area contributed by atoms with Crippen LogP contribution >= 0.6 is 22.9 Å². The Bertz CT molecular complexity index is 403. The number of hydrogen-bond acceptors (Lipinski definition) is 1. The van der Waals surface area contributed by atoms with Crippen molar-refractivity contribution in [2.24, 2.45) is 0 Å². The van der Waals surface area contributed by atoms with E-state index in [0.717, 1.165) is 11.4 Å². The van der Waals surface area contributed by atoms with Crippen molar-refractivity contribution in [2.45, 2.75) is 13.3 Å². The molecule has 2 heteroatoms. The van der Waals surface area contributed by atoms with Crippen molar-refractivity contribution in [3.63, 3.8) is 0 Å². The molecule has 12 heavy (non-hydrogen) atoms. The molecule has 0 aliphatic carbocycles. The van der Waals surface area contributed by atoms with Crippen LogP contribution in [0.15, 0.2) is 23.6 Å². The number of halogens is 1. The monoisotopic (exact) mass is 196 g/mol. The maximum Gasteiger partial charge on any atom is 0.0495 e. The molecule has 62 valence electrons. The Hall–Kier alpha value is -0.530. The molecule has 2 aromatic rings. The van der Waals surface area contributed by atoms with Gasteiger partial charge in [-0.05, 0) is 23.3 Å². The molecule has 2 rings (SSSR count). The number of thiophene rings is 1. The minimum absolute atomic E-state index is 0.880. The van der Waals surface area contributed by atoms with Crippen LogP contribution in [0.4, 0.5) is 0 Å². The molecule has 0 saturated heterocycles. The van der Waals surface area contributed by atoms with Gasteiger partial charge in [-0.2, -0.15) is 0 Å². The van der Waals surface area contributed by atoms with E-state index < -0.39 is 0 Å². The van der Waals surface area contributed by atoms with Crippen LogP contribution in [0, 0.1) is 0 Å². The summed E-state index contributed by atoms with van der Waals surface area (Å²) in [6.07, 6.45) is 1.07. The van der Waals surface area contributed by atoms with E-state index in [4.69, 9.17) is 11.6 Å². The summed E-state index contributed by atoms with van der Waals surface area (Å²) in [5, 5.41) is 5.56. The van der Waals surface area contributed by atoms with Crippen molar-refractivity contribution in [3.05, 3.63) is 33.5 Å². The van der Waals surface area contributed by atoms with Crippen molar-refractivity contribution in [2.75, 3.05) is 0 Å².